The minimum absolute atomic E-state index is 0.0957. The maximum absolute atomic E-state index is 11.6. The predicted octanol–water partition coefficient (Wildman–Crippen LogP) is 1.07. The van der Waals surface area contributed by atoms with E-state index in [1.54, 1.807) is 19.9 Å². The van der Waals surface area contributed by atoms with E-state index in [2.05, 4.69) is 5.32 Å². The standard InChI is InChI=1S/C12H11NO4/c1-5-3-7-4-8(14)13-10(7)9(6(5)2)11(15)12(16)17/h3H,4H2,1-2H3,(H,13,14)(H,16,17). The molecule has 2 rings (SSSR count). The van der Waals surface area contributed by atoms with Crippen LogP contribution in [0.3, 0.4) is 0 Å². The van der Waals surface area contributed by atoms with Crippen LogP contribution in [0.2, 0.25) is 0 Å². The number of amides is 1. The van der Waals surface area contributed by atoms with Crippen LogP contribution in [0.1, 0.15) is 27.0 Å². The van der Waals surface area contributed by atoms with Gasteiger partial charge in [0.2, 0.25) is 5.91 Å². The van der Waals surface area contributed by atoms with Crippen molar-refractivity contribution in [2.24, 2.45) is 0 Å². The summed E-state index contributed by atoms with van der Waals surface area (Å²) < 4.78 is 0. The lowest BCUT2D eigenvalue weighted by Crippen LogP contribution is -2.17. The number of fused-ring (bicyclic) bond motifs is 1. The molecule has 1 heterocycles. The lowest BCUT2D eigenvalue weighted by molar-refractivity contribution is -0.131. The second kappa shape index (κ2) is 3.69. The summed E-state index contributed by atoms with van der Waals surface area (Å²) >= 11 is 0. The molecular formula is C12H11NO4. The van der Waals surface area contributed by atoms with Gasteiger partial charge in [-0.15, -0.1) is 0 Å². The van der Waals surface area contributed by atoms with Gasteiger partial charge in [-0.2, -0.15) is 0 Å². The number of hydrogen-bond acceptors (Lipinski definition) is 3. The van der Waals surface area contributed by atoms with Crippen molar-refractivity contribution < 1.29 is 19.5 Å². The minimum Gasteiger partial charge on any atom is -0.475 e. The van der Waals surface area contributed by atoms with Crippen LogP contribution in [0.25, 0.3) is 0 Å². The summed E-state index contributed by atoms with van der Waals surface area (Å²) in [4.78, 5) is 33.7. The molecule has 1 aliphatic heterocycles. The second-order valence-electron chi connectivity index (χ2n) is 4.09. The Bertz CT molecular complexity index is 560. The highest BCUT2D eigenvalue weighted by molar-refractivity contribution is 6.42. The number of aryl methyl sites for hydroxylation is 1. The van der Waals surface area contributed by atoms with Gasteiger partial charge in [0.05, 0.1) is 17.7 Å². The maximum Gasteiger partial charge on any atom is 0.377 e. The molecule has 0 radical (unpaired) electrons. The number of benzene rings is 1. The molecule has 0 atom stereocenters. The van der Waals surface area contributed by atoms with Crippen molar-refractivity contribution in [2.75, 3.05) is 5.32 Å². The summed E-state index contributed by atoms with van der Waals surface area (Å²) in [5.41, 5.74) is 2.54. The molecule has 17 heavy (non-hydrogen) atoms. The fourth-order valence-electron chi connectivity index (χ4n) is 2.02. The largest absolute Gasteiger partial charge is 0.475 e. The molecule has 5 heteroatoms. The van der Waals surface area contributed by atoms with E-state index < -0.39 is 11.8 Å². The normalized spacial score (nSPS) is 13.2. The third kappa shape index (κ3) is 1.69. The molecule has 1 aromatic rings. The predicted molar refractivity (Wildman–Crippen MR) is 60.2 cm³/mol. The van der Waals surface area contributed by atoms with E-state index in [9.17, 15) is 14.4 Å². The quantitative estimate of drug-likeness (QED) is 0.591. The molecule has 5 nitrogen and oxygen atoms in total. The van der Waals surface area contributed by atoms with E-state index in [1.807, 2.05) is 0 Å². The number of carbonyl (C=O) groups excluding carboxylic acids is 2. The van der Waals surface area contributed by atoms with Crippen LogP contribution in [0.5, 0.6) is 0 Å². The molecule has 1 aromatic carbocycles. The summed E-state index contributed by atoms with van der Waals surface area (Å²) in [5.74, 6) is -2.71. The van der Waals surface area contributed by atoms with Gasteiger partial charge in [0.25, 0.3) is 5.78 Å². The average molecular weight is 233 g/mol. The molecule has 0 fully saturated rings. The smallest absolute Gasteiger partial charge is 0.377 e. The van der Waals surface area contributed by atoms with E-state index >= 15 is 0 Å². The van der Waals surface area contributed by atoms with Crippen molar-refractivity contribution in [1.29, 1.82) is 0 Å². The van der Waals surface area contributed by atoms with Gasteiger partial charge in [0.15, 0.2) is 0 Å². The number of ketones is 1. The number of nitrogens with one attached hydrogen (secondary N) is 1. The van der Waals surface area contributed by atoms with Gasteiger partial charge in [0.1, 0.15) is 0 Å². The molecule has 0 saturated heterocycles. The molecule has 88 valence electrons. The van der Waals surface area contributed by atoms with Gasteiger partial charge in [-0.3, -0.25) is 9.59 Å². The van der Waals surface area contributed by atoms with Crippen LogP contribution in [0.4, 0.5) is 5.69 Å². The first-order chi connectivity index (χ1) is 7.91. The zero-order chi connectivity index (χ0) is 12.7. The molecule has 0 aliphatic carbocycles. The summed E-state index contributed by atoms with van der Waals surface area (Å²) in [6.07, 6.45) is 0.191. The molecule has 1 aliphatic rings. The molecule has 2 N–H and O–H groups in total. The molecule has 0 spiro atoms. The van der Waals surface area contributed by atoms with E-state index in [1.165, 1.54) is 0 Å². The van der Waals surface area contributed by atoms with Gasteiger partial charge < -0.3 is 10.4 Å². The Kier molecular flexibility index (Phi) is 2.46. The number of anilines is 1. The number of carboxylic acids is 1. The maximum atomic E-state index is 11.6. The lowest BCUT2D eigenvalue weighted by Gasteiger charge is -2.11. The van der Waals surface area contributed by atoms with Gasteiger partial charge in [-0.25, -0.2) is 4.79 Å². The first kappa shape index (κ1) is 11.3. The van der Waals surface area contributed by atoms with Gasteiger partial charge in [-0.1, -0.05) is 6.07 Å². The number of rotatable bonds is 2. The number of hydrogen-bond donors (Lipinski definition) is 2. The van der Waals surface area contributed by atoms with Crippen molar-refractivity contribution in [3.05, 3.63) is 28.3 Å². The summed E-state index contributed by atoms with van der Waals surface area (Å²) in [5, 5.41) is 11.3. The number of carboxylic acid groups (broad SMARTS) is 1. The van der Waals surface area contributed by atoms with E-state index in [-0.39, 0.29) is 17.9 Å². The van der Waals surface area contributed by atoms with Gasteiger partial charge in [0, 0.05) is 0 Å². The van der Waals surface area contributed by atoms with Crippen LogP contribution in [0, 0.1) is 13.8 Å². The van der Waals surface area contributed by atoms with Crippen LogP contribution in [0.15, 0.2) is 6.07 Å². The first-order valence-corrected chi connectivity index (χ1v) is 5.12. The third-order valence-electron chi connectivity index (χ3n) is 2.97. The highest BCUT2D eigenvalue weighted by Crippen LogP contribution is 2.32. The minimum atomic E-state index is -1.51. The number of aliphatic carboxylic acids is 1. The summed E-state index contributed by atoms with van der Waals surface area (Å²) in [6, 6.07) is 1.81. The fourth-order valence-corrected chi connectivity index (χ4v) is 2.02. The lowest BCUT2D eigenvalue weighted by atomic mass is 9.94. The Morgan fingerprint density at radius 2 is 2.00 bits per heavy atom. The highest BCUT2D eigenvalue weighted by atomic mass is 16.4. The molecule has 0 unspecified atom stereocenters. The van der Waals surface area contributed by atoms with E-state index in [4.69, 9.17) is 5.11 Å². The van der Waals surface area contributed by atoms with E-state index in [0.29, 0.717) is 16.8 Å². The third-order valence-corrected chi connectivity index (χ3v) is 2.97. The Morgan fingerprint density at radius 3 is 2.59 bits per heavy atom. The molecule has 0 bridgehead atoms. The monoisotopic (exact) mass is 233 g/mol. The number of Topliss-reactive ketones (excluding diaryl/α,β-unsaturated/α-hetero) is 1. The van der Waals surface area contributed by atoms with Crippen molar-refractivity contribution in [2.45, 2.75) is 20.3 Å². The van der Waals surface area contributed by atoms with Crippen LogP contribution in [-0.2, 0) is 16.0 Å². The van der Waals surface area contributed by atoms with Crippen LogP contribution >= 0.6 is 0 Å². The van der Waals surface area contributed by atoms with Crippen molar-refractivity contribution in [1.82, 2.24) is 0 Å². The fraction of sp³-hybridized carbons (Fsp3) is 0.250. The zero-order valence-electron chi connectivity index (χ0n) is 9.46. The Balaban J connectivity index is 2.70. The van der Waals surface area contributed by atoms with Crippen molar-refractivity contribution in [3.8, 4) is 0 Å². The van der Waals surface area contributed by atoms with E-state index in [0.717, 1.165) is 5.56 Å². The first-order valence-electron chi connectivity index (χ1n) is 5.12. The van der Waals surface area contributed by atoms with Crippen LogP contribution in [-0.4, -0.2) is 22.8 Å². The molecule has 0 saturated carbocycles. The van der Waals surface area contributed by atoms with Crippen LogP contribution < -0.4 is 5.32 Å². The second-order valence-corrected chi connectivity index (χ2v) is 4.09. The van der Waals surface area contributed by atoms with Crippen molar-refractivity contribution in [3.63, 3.8) is 0 Å². The Hall–Kier alpha value is -2.17. The average Bonchev–Trinajstić information content (AvgIpc) is 2.59. The summed E-state index contributed by atoms with van der Waals surface area (Å²) in [6.45, 7) is 3.47. The molecule has 0 aromatic heterocycles. The van der Waals surface area contributed by atoms with Gasteiger partial charge in [-0.05, 0) is 30.5 Å². The molecule has 1 amide bonds. The topological polar surface area (TPSA) is 83.5 Å². The summed E-state index contributed by atoms with van der Waals surface area (Å²) in [7, 11) is 0. The van der Waals surface area contributed by atoms with Gasteiger partial charge >= 0.3 is 5.97 Å². The Morgan fingerprint density at radius 1 is 1.35 bits per heavy atom. The number of carbonyl (C=O) groups is 3. The zero-order valence-corrected chi connectivity index (χ0v) is 9.46. The SMILES string of the molecule is Cc1cc2c(c(C(=O)C(=O)O)c1C)NC(=O)C2. The Labute approximate surface area is 97.4 Å². The van der Waals surface area contributed by atoms with Crippen molar-refractivity contribution >= 4 is 23.3 Å². The molecular weight excluding hydrogens is 222 g/mol. The highest BCUT2D eigenvalue weighted by Gasteiger charge is 2.29.